The molecule has 0 bridgehead atoms. The van der Waals surface area contributed by atoms with E-state index < -0.39 is 0 Å². The fourth-order valence-corrected chi connectivity index (χ4v) is 1.11. The Labute approximate surface area is 105 Å². The van der Waals surface area contributed by atoms with E-state index in [2.05, 4.69) is 42.4 Å². The second-order valence-electron chi connectivity index (χ2n) is 3.79. The number of likely N-dealkylation sites (N-methyl/N-ethyl adjacent to an activating group) is 1. The summed E-state index contributed by atoms with van der Waals surface area (Å²) in [6.45, 7) is 13.7. The quantitative estimate of drug-likeness (QED) is 0.531. The van der Waals surface area contributed by atoms with Crippen LogP contribution >= 0.6 is 0 Å². The summed E-state index contributed by atoms with van der Waals surface area (Å²) in [5, 5.41) is 3.00. The largest absolute Gasteiger partial charge is 0.388 e. The maximum atomic E-state index is 4.37. The normalized spacial score (nSPS) is 14.8. The molecule has 0 aromatic rings. The Kier molecular flexibility index (Phi) is 7.68. The molecule has 0 aromatic heterocycles. The molecular formula is C14H23N3. The van der Waals surface area contributed by atoms with Crippen molar-refractivity contribution < 1.29 is 0 Å². The van der Waals surface area contributed by atoms with E-state index in [0.29, 0.717) is 11.7 Å². The van der Waals surface area contributed by atoms with Crippen LogP contribution in [0.5, 0.6) is 0 Å². The summed E-state index contributed by atoms with van der Waals surface area (Å²) in [7, 11) is 1.82. The minimum Gasteiger partial charge on any atom is -0.388 e. The Morgan fingerprint density at radius 3 is 2.53 bits per heavy atom. The maximum Gasteiger partial charge on any atom is 0.160 e. The molecule has 1 unspecified atom stereocenters. The average molecular weight is 233 g/mol. The van der Waals surface area contributed by atoms with Crippen molar-refractivity contribution in [2.45, 2.75) is 27.2 Å². The number of aliphatic imine (C=N–C) groups is 2. The first-order valence-corrected chi connectivity index (χ1v) is 5.85. The highest BCUT2D eigenvalue weighted by Gasteiger charge is 2.04. The molecule has 1 N–H and O–H groups in total. The summed E-state index contributed by atoms with van der Waals surface area (Å²) in [4.78, 5) is 8.34. The zero-order valence-corrected chi connectivity index (χ0v) is 11.3. The standard InChI is InChI=1S/C14H23N3/c1-7-9-13(12(4)15-5)14(16-6)17-10-11(3)8-2/h7,9-11,15H,4,6,8H2,1-3,5H3/b9-7-,14-13-,17-10?. The number of hydrogen-bond acceptors (Lipinski definition) is 3. The molecule has 0 saturated carbocycles. The first kappa shape index (κ1) is 15.4. The van der Waals surface area contributed by atoms with Crippen LogP contribution in [0, 0.1) is 5.92 Å². The number of allylic oxidation sites excluding steroid dienone is 2. The highest BCUT2D eigenvalue weighted by Crippen LogP contribution is 2.15. The summed E-state index contributed by atoms with van der Waals surface area (Å²) < 4.78 is 0. The van der Waals surface area contributed by atoms with E-state index in [1.807, 2.05) is 32.3 Å². The van der Waals surface area contributed by atoms with Gasteiger partial charge in [-0.15, -0.1) is 0 Å². The van der Waals surface area contributed by atoms with Gasteiger partial charge in [-0.2, -0.15) is 0 Å². The molecule has 0 aliphatic heterocycles. The van der Waals surface area contributed by atoms with Crippen molar-refractivity contribution in [3.63, 3.8) is 0 Å². The van der Waals surface area contributed by atoms with Crippen molar-refractivity contribution in [2.24, 2.45) is 15.9 Å². The molecule has 0 radical (unpaired) electrons. The highest BCUT2D eigenvalue weighted by molar-refractivity contribution is 5.63. The third kappa shape index (κ3) is 5.29. The van der Waals surface area contributed by atoms with Crippen molar-refractivity contribution in [2.75, 3.05) is 7.05 Å². The molecule has 3 nitrogen and oxygen atoms in total. The van der Waals surface area contributed by atoms with Gasteiger partial charge in [0, 0.05) is 24.5 Å². The summed E-state index contributed by atoms with van der Waals surface area (Å²) in [6.07, 6.45) is 6.81. The second kappa shape index (κ2) is 8.50. The van der Waals surface area contributed by atoms with Gasteiger partial charge in [-0.05, 0) is 26.0 Å². The highest BCUT2D eigenvalue weighted by atomic mass is 15.0. The third-order valence-corrected chi connectivity index (χ3v) is 2.45. The molecule has 0 amide bonds. The van der Waals surface area contributed by atoms with Gasteiger partial charge in [0.1, 0.15) is 0 Å². The van der Waals surface area contributed by atoms with Gasteiger partial charge in [-0.1, -0.05) is 32.6 Å². The summed E-state index contributed by atoms with van der Waals surface area (Å²) in [6, 6.07) is 0. The second-order valence-corrected chi connectivity index (χ2v) is 3.79. The lowest BCUT2D eigenvalue weighted by Gasteiger charge is -2.08. The minimum atomic E-state index is 0.432. The lowest BCUT2D eigenvalue weighted by atomic mass is 10.1. The predicted octanol–water partition coefficient (Wildman–Crippen LogP) is 3.32. The molecule has 94 valence electrons. The fraction of sp³-hybridized carbons (Fsp3) is 0.429. The molecule has 17 heavy (non-hydrogen) atoms. The van der Waals surface area contributed by atoms with Crippen LogP contribution < -0.4 is 5.32 Å². The molecule has 0 saturated heterocycles. The topological polar surface area (TPSA) is 36.8 Å². The Hall–Kier alpha value is -1.64. The number of nitrogens with zero attached hydrogens (tertiary/aromatic N) is 2. The lowest BCUT2D eigenvalue weighted by molar-refractivity contribution is 0.753. The summed E-state index contributed by atoms with van der Waals surface area (Å²) >= 11 is 0. The molecule has 0 heterocycles. The van der Waals surface area contributed by atoms with Gasteiger partial charge in [0.05, 0.1) is 0 Å². The minimum absolute atomic E-state index is 0.432. The molecule has 1 atom stereocenters. The van der Waals surface area contributed by atoms with Crippen LogP contribution in [0.3, 0.4) is 0 Å². The zero-order chi connectivity index (χ0) is 13.3. The zero-order valence-electron chi connectivity index (χ0n) is 11.3. The van der Waals surface area contributed by atoms with E-state index in [4.69, 9.17) is 0 Å². The van der Waals surface area contributed by atoms with Crippen molar-refractivity contribution in [3.8, 4) is 0 Å². The van der Waals surface area contributed by atoms with Gasteiger partial charge in [0.2, 0.25) is 0 Å². The third-order valence-electron chi connectivity index (χ3n) is 2.45. The van der Waals surface area contributed by atoms with Crippen LogP contribution in [0.4, 0.5) is 0 Å². The monoisotopic (exact) mass is 233 g/mol. The van der Waals surface area contributed by atoms with Gasteiger partial charge in [0.15, 0.2) is 5.82 Å². The summed E-state index contributed by atoms with van der Waals surface area (Å²) in [5.74, 6) is 1.03. The summed E-state index contributed by atoms with van der Waals surface area (Å²) in [5.41, 5.74) is 1.65. The van der Waals surface area contributed by atoms with Gasteiger partial charge in [-0.25, -0.2) is 9.98 Å². The van der Waals surface area contributed by atoms with Crippen LogP contribution in [-0.2, 0) is 0 Å². The van der Waals surface area contributed by atoms with Crippen molar-refractivity contribution in [1.29, 1.82) is 0 Å². The van der Waals surface area contributed by atoms with E-state index in [1.165, 1.54) is 0 Å². The maximum absolute atomic E-state index is 4.37. The Balaban J connectivity index is 5.29. The van der Waals surface area contributed by atoms with Crippen molar-refractivity contribution in [3.05, 3.63) is 35.8 Å². The molecule has 0 aromatic carbocycles. The smallest absolute Gasteiger partial charge is 0.160 e. The molecule has 0 fully saturated rings. The average Bonchev–Trinajstić information content (AvgIpc) is 2.36. The van der Waals surface area contributed by atoms with E-state index in [-0.39, 0.29) is 0 Å². The van der Waals surface area contributed by atoms with E-state index in [1.54, 1.807) is 0 Å². The first-order chi connectivity index (χ1) is 8.10. The lowest BCUT2D eigenvalue weighted by Crippen LogP contribution is -2.07. The number of hydrogen-bond donors (Lipinski definition) is 1. The molecule has 0 spiro atoms. The Morgan fingerprint density at radius 1 is 1.47 bits per heavy atom. The molecule has 3 heteroatoms. The van der Waals surface area contributed by atoms with Crippen LogP contribution in [0.1, 0.15) is 27.2 Å². The van der Waals surface area contributed by atoms with E-state index in [9.17, 15) is 0 Å². The van der Waals surface area contributed by atoms with Gasteiger partial charge in [0.25, 0.3) is 0 Å². The molecule has 0 aliphatic rings. The van der Waals surface area contributed by atoms with Crippen LogP contribution in [-0.4, -0.2) is 20.0 Å². The number of rotatable bonds is 7. The van der Waals surface area contributed by atoms with Crippen LogP contribution in [0.15, 0.2) is 45.8 Å². The molecular weight excluding hydrogens is 210 g/mol. The molecule has 0 aliphatic carbocycles. The fourth-order valence-electron chi connectivity index (χ4n) is 1.11. The first-order valence-electron chi connectivity index (χ1n) is 5.85. The van der Waals surface area contributed by atoms with E-state index in [0.717, 1.165) is 17.7 Å². The van der Waals surface area contributed by atoms with Gasteiger partial charge < -0.3 is 5.32 Å². The van der Waals surface area contributed by atoms with Crippen LogP contribution in [0.2, 0.25) is 0 Å². The Bertz CT molecular complexity index is 348. The predicted molar refractivity (Wildman–Crippen MR) is 77.5 cm³/mol. The van der Waals surface area contributed by atoms with Gasteiger partial charge >= 0.3 is 0 Å². The van der Waals surface area contributed by atoms with Gasteiger partial charge in [-0.3, -0.25) is 0 Å². The molecule has 0 rings (SSSR count). The number of nitrogens with one attached hydrogen (secondary N) is 1. The SMILES string of the molecule is C=N/C(N=CC(C)CC)=C(\C=C/C)C(=C)NC. The Morgan fingerprint density at radius 2 is 2.12 bits per heavy atom. The van der Waals surface area contributed by atoms with Crippen molar-refractivity contribution >= 4 is 12.9 Å². The van der Waals surface area contributed by atoms with Crippen molar-refractivity contribution in [1.82, 2.24) is 5.32 Å². The van der Waals surface area contributed by atoms with Crippen LogP contribution in [0.25, 0.3) is 0 Å². The van der Waals surface area contributed by atoms with E-state index >= 15 is 0 Å².